The molecule has 0 radical (unpaired) electrons. The fourth-order valence-electron chi connectivity index (χ4n) is 1.54. The third kappa shape index (κ3) is 2.94. The number of carbonyl (C=O) groups excluding carboxylic acids is 1. The van der Waals surface area contributed by atoms with E-state index in [4.69, 9.17) is 18.0 Å². The zero-order valence-corrected chi connectivity index (χ0v) is 9.56. The normalized spacial score (nSPS) is 26.7. The van der Waals surface area contributed by atoms with Crippen molar-refractivity contribution in [2.75, 3.05) is 0 Å². The van der Waals surface area contributed by atoms with Crippen LogP contribution in [0.1, 0.15) is 33.1 Å². The van der Waals surface area contributed by atoms with E-state index in [0.717, 1.165) is 19.3 Å². The first-order chi connectivity index (χ1) is 6.56. The molecule has 3 unspecified atom stereocenters. The minimum atomic E-state index is -0.115. The topological polar surface area (TPSA) is 55.1 Å². The summed E-state index contributed by atoms with van der Waals surface area (Å²) < 4.78 is 0. The largest absolute Gasteiger partial charge is 0.392 e. The molecule has 0 aliphatic heterocycles. The lowest BCUT2D eigenvalue weighted by molar-refractivity contribution is -0.122. The molecule has 1 aliphatic carbocycles. The number of hydrogen-bond acceptors (Lipinski definition) is 2. The van der Waals surface area contributed by atoms with Crippen molar-refractivity contribution in [3.63, 3.8) is 0 Å². The molecule has 3 atom stereocenters. The first-order valence-corrected chi connectivity index (χ1v) is 5.56. The van der Waals surface area contributed by atoms with Crippen molar-refractivity contribution in [1.29, 1.82) is 0 Å². The second-order valence-corrected chi connectivity index (χ2v) is 4.54. The Bertz CT molecular complexity index is 242. The van der Waals surface area contributed by atoms with Crippen molar-refractivity contribution in [3.8, 4) is 0 Å². The van der Waals surface area contributed by atoms with Crippen LogP contribution in [-0.4, -0.2) is 16.9 Å². The third-order valence-electron chi connectivity index (χ3n) is 2.68. The summed E-state index contributed by atoms with van der Waals surface area (Å²) in [5.41, 5.74) is 5.54. The quantitative estimate of drug-likeness (QED) is 0.676. The zero-order chi connectivity index (χ0) is 10.7. The van der Waals surface area contributed by atoms with Gasteiger partial charge in [0.2, 0.25) is 5.91 Å². The SMILES string of the molecule is CCCC(NC(=O)C1CC1C)C(N)=S. The van der Waals surface area contributed by atoms with Gasteiger partial charge in [0.15, 0.2) is 0 Å². The van der Waals surface area contributed by atoms with Gasteiger partial charge in [0.1, 0.15) is 0 Å². The molecule has 0 bridgehead atoms. The number of thiocarbonyl (C=S) groups is 1. The van der Waals surface area contributed by atoms with Gasteiger partial charge in [-0.25, -0.2) is 0 Å². The second kappa shape index (κ2) is 4.73. The highest BCUT2D eigenvalue weighted by Gasteiger charge is 2.39. The summed E-state index contributed by atoms with van der Waals surface area (Å²) in [7, 11) is 0. The number of hydrogen-bond donors (Lipinski definition) is 2. The number of rotatable bonds is 5. The monoisotopic (exact) mass is 214 g/mol. The molecule has 0 aromatic rings. The smallest absolute Gasteiger partial charge is 0.223 e. The summed E-state index contributed by atoms with van der Waals surface area (Å²) in [5.74, 6) is 0.844. The Hall–Kier alpha value is -0.640. The van der Waals surface area contributed by atoms with E-state index in [1.54, 1.807) is 0 Å². The van der Waals surface area contributed by atoms with E-state index in [-0.39, 0.29) is 17.9 Å². The van der Waals surface area contributed by atoms with Gasteiger partial charge in [-0.1, -0.05) is 32.5 Å². The lowest BCUT2D eigenvalue weighted by Gasteiger charge is -2.16. The summed E-state index contributed by atoms with van der Waals surface area (Å²) in [6, 6.07) is -0.115. The molecule has 0 spiro atoms. The maximum absolute atomic E-state index is 11.6. The van der Waals surface area contributed by atoms with Crippen molar-refractivity contribution >= 4 is 23.1 Å². The van der Waals surface area contributed by atoms with E-state index in [1.807, 2.05) is 0 Å². The van der Waals surface area contributed by atoms with Gasteiger partial charge in [-0.05, 0) is 18.8 Å². The van der Waals surface area contributed by atoms with Gasteiger partial charge >= 0.3 is 0 Å². The number of carbonyl (C=O) groups is 1. The predicted octanol–water partition coefficient (Wildman–Crippen LogP) is 1.21. The summed E-state index contributed by atoms with van der Waals surface area (Å²) in [4.78, 5) is 12.0. The van der Waals surface area contributed by atoms with Gasteiger partial charge in [-0.15, -0.1) is 0 Å². The molecule has 1 fully saturated rings. The summed E-state index contributed by atoms with van der Waals surface area (Å²) in [6.07, 6.45) is 2.81. The van der Waals surface area contributed by atoms with Crippen LogP contribution in [0.3, 0.4) is 0 Å². The second-order valence-electron chi connectivity index (χ2n) is 4.07. The molecule has 0 aromatic heterocycles. The molecule has 3 N–H and O–H groups in total. The van der Waals surface area contributed by atoms with Crippen LogP contribution in [0.25, 0.3) is 0 Å². The Morgan fingerprint density at radius 2 is 2.29 bits per heavy atom. The standard InChI is InChI=1S/C10H18N2OS/c1-3-4-8(9(11)14)12-10(13)7-5-6(7)2/h6-8H,3-5H2,1-2H3,(H2,11,14)(H,12,13). The molecule has 0 heterocycles. The Balaban J connectivity index is 2.38. The van der Waals surface area contributed by atoms with E-state index in [1.165, 1.54) is 0 Å². The zero-order valence-electron chi connectivity index (χ0n) is 8.75. The van der Waals surface area contributed by atoms with Crippen LogP contribution in [-0.2, 0) is 4.79 Å². The van der Waals surface area contributed by atoms with Crippen LogP contribution in [0, 0.1) is 11.8 Å². The van der Waals surface area contributed by atoms with Crippen molar-refractivity contribution in [2.45, 2.75) is 39.2 Å². The molecule has 4 heteroatoms. The van der Waals surface area contributed by atoms with Gasteiger partial charge in [0.05, 0.1) is 11.0 Å². The number of nitrogens with one attached hydrogen (secondary N) is 1. The van der Waals surface area contributed by atoms with Crippen LogP contribution in [0.15, 0.2) is 0 Å². The molecule has 3 nitrogen and oxygen atoms in total. The van der Waals surface area contributed by atoms with E-state index < -0.39 is 0 Å². The van der Waals surface area contributed by atoms with Crippen molar-refractivity contribution in [2.24, 2.45) is 17.6 Å². The van der Waals surface area contributed by atoms with Crippen LogP contribution in [0.2, 0.25) is 0 Å². The Kier molecular flexibility index (Phi) is 3.86. The summed E-state index contributed by atoms with van der Waals surface area (Å²) >= 11 is 4.90. The molecule has 80 valence electrons. The molecular formula is C10H18N2OS. The predicted molar refractivity (Wildman–Crippen MR) is 60.9 cm³/mol. The molecule has 1 aliphatic rings. The van der Waals surface area contributed by atoms with Gasteiger partial charge in [0, 0.05) is 5.92 Å². The van der Waals surface area contributed by atoms with E-state index >= 15 is 0 Å². The molecule has 1 saturated carbocycles. The highest BCUT2D eigenvalue weighted by Crippen LogP contribution is 2.37. The van der Waals surface area contributed by atoms with Gasteiger partial charge in [-0.2, -0.15) is 0 Å². The maximum atomic E-state index is 11.6. The molecule has 14 heavy (non-hydrogen) atoms. The Labute approximate surface area is 90.4 Å². The first-order valence-electron chi connectivity index (χ1n) is 5.16. The minimum absolute atomic E-state index is 0.115. The highest BCUT2D eigenvalue weighted by atomic mass is 32.1. The van der Waals surface area contributed by atoms with Crippen LogP contribution < -0.4 is 11.1 Å². The molecule has 1 rings (SSSR count). The molecule has 1 amide bonds. The molecular weight excluding hydrogens is 196 g/mol. The van der Waals surface area contributed by atoms with E-state index in [9.17, 15) is 4.79 Å². The lowest BCUT2D eigenvalue weighted by Crippen LogP contribution is -2.44. The average molecular weight is 214 g/mol. The number of nitrogens with two attached hydrogens (primary N) is 1. The van der Waals surface area contributed by atoms with Crippen molar-refractivity contribution in [3.05, 3.63) is 0 Å². The van der Waals surface area contributed by atoms with Crippen LogP contribution in [0.4, 0.5) is 0 Å². The van der Waals surface area contributed by atoms with Crippen LogP contribution in [0.5, 0.6) is 0 Å². The van der Waals surface area contributed by atoms with Crippen molar-refractivity contribution in [1.82, 2.24) is 5.32 Å². The Morgan fingerprint density at radius 3 is 2.64 bits per heavy atom. The molecule has 0 saturated heterocycles. The average Bonchev–Trinajstić information content (AvgIpc) is 2.81. The summed E-state index contributed by atoms with van der Waals surface area (Å²) in [5, 5.41) is 2.90. The highest BCUT2D eigenvalue weighted by molar-refractivity contribution is 7.80. The Morgan fingerprint density at radius 1 is 1.71 bits per heavy atom. The van der Waals surface area contributed by atoms with Gasteiger partial charge < -0.3 is 11.1 Å². The van der Waals surface area contributed by atoms with E-state index in [2.05, 4.69) is 19.2 Å². The molecule has 0 aromatic carbocycles. The number of amides is 1. The van der Waals surface area contributed by atoms with Gasteiger partial charge in [0.25, 0.3) is 0 Å². The van der Waals surface area contributed by atoms with E-state index in [0.29, 0.717) is 10.9 Å². The van der Waals surface area contributed by atoms with Gasteiger partial charge in [-0.3, -0.25) is 4.79 Å². The maximum Gasteiger partial charge on any atom is 0.223 e. The third-order valence-corrected chi connectivity index (χ3v) is 2.97. The fourth-order valence-corrected chi connectivity index (χ4v) is 1.72. The minimum Gasteiger partial charge on any atom is -0.392 e. The first kappa shape index (κ1) is 11.4. The van der Waals surface area contributed by atoms with Crippen molar-refractivity contribution < 1.29 is 4.79 Å². The fraction of sp³-hybridized carbons (Fsp3) is 0.800. The van der Waals surface area contributed by atoms with Crippen LogP contribution >= 0.6 is 12.2 Å². The summed E-state index contributed by atoms with van der Waals surface area (Å²) in [6.45, 7) is 4.14. The lowest BCUT2D eigenvalue weighted by atomic mass is 10.1.